The van der Waals surface area contributed by atoms with Crippen LogP contribution < -0.4 is 4.74 Å². The molecule has 1 aliphatic heterocycles. The van der Waals surface area contributed by atoms with Crippen molar-refractivity contribution in [1.29, 1.82) is 0 Å². The maximum absolute atomic E-state index is 12.1. The third-order valence-electron chi connectivity index (χ3n) is 3.16. The Bertz CT molecular complexity index is 493. The van der Waals surface area contributed by atoms with E-state index in [0.717, 1.165) is 5.56 Å². The normalized spacial score (nSPS) is 18.7. The van der Waals surface area contributed by atoms with Crippen LogP contribution in [0.25, 0.3) is 0 Å². The zero-order chi connectivity index (χ0) is 14.2. The van der Waals surface area contributed by atoms with Crippen LogP contribution in [0.5, 0.6) is 5.75 Å². The molecule has 1 unspecified atom stereocenters. The molecule has 4 nitrogen and oxygen atoms in total. The van der Waals surface area contributed by atoms with Gasteiger partial charge >= 0.3 is 0 Å². The summed E-state index contributed by atoms with van der Waals surface area (Å²) < 4.78 is 5.66. The first kappa shape index (κ1) is 14.2. The molecule has 1 amide bonds. The van der Waals surface area contributed by atoms with Crippen molar-refractivity contribution in [2.75, 3.05) is 13.1 Å². The summed E-state index contributed by atoms with van der Waals surface area (Å²) in [4.78, 5) is 13.7. The number of carbonyl (C=O) groups excluding carboxylic acids is 1. The van der Waals surface area contributed by atoms with Gasteiger partial charge in [0.25, 0.3) is 5.91 Å². The molecular formula is C14H18ClNO3. The Balaban J connectivity index is 1.97. The summed E-state index contributed by atoms with van der Waals surface area (Å²) in [5, 5.41) is 10.3. The molecular weight excluding hydrogens is 266 g/mol. The van der Waals surface area contributed by atoms with Gasteiger partial charge in [-0.1, -0.05) is 11.6 Å². The van der Waals surface area contributed by atoms with Crippen LogP contribution in [0.4, 0.5) is 0 Å². The minimum atomic E-state index is -0.758. The molecule has 1 aromatic rings. The minimum absolute atomic E-state index is 0.110. The SMILES string of the molecule is Cc1cc(Cl)ccc1OC(C)C(=O)N1CC(C)(O)C1. The van der Waals surface area contributed by atoms with Crippen LogP contribution in [0.15, 0.2) is 18.2 Å². The van der Waals surface area contributed by atoms with E-state index in [1.165, 1.54) is 0 Å². The molecule has 19 heavy (non-hydrogen) atoms. The van der Waals surface area contributed by atoms with Gasteiger partial charge in [0.05, 0.1) is 18.7 Å². The van der Waals surface area contributed by atoms with Crippen molar-refractivity contribution in [3.05, 3.63) is 28.8 Å². The van der Waals surface area contributed by atoms with Gasteiger partial charge in [0, 0.05) is 5.02 Å². The lowest BCUT2D eigenvalue weighted by Crippen LogP contribution is -2.63. The average Bonchev–Trinajstić information content (AvgIpc) is 2.28. The third-order valence-corrected chi connectivity index (χ3v) is 3.40. The molecule has 0 radical (unpaired) electrons. The Kier molecular flexibility index (Phi) is 3.74. The van der Waals surface area contributed by atoms with E-state index in [9.17, 15) is 9.90 Å². The summed E-state index contributed by atoms with van der Waals surface area (Å²) in [5.74, 6) is 0.540. The fraction of sp³-hybridized carbons (Fsp3) is 0.500. The monoisotopic (exact) mass is 283 g/mol. The Labute approximate surface area is 117 Å². The van der Waals surface area contributed by atoms with E-state index >= 15 is 0 Å². The molecule has 5 heteroatoms. The Hall–Kier alpha value is -1.26. The van der Waals surface area contributed by atoms with Crippen LogP contribution >= 0.6 is 11.6 Å². The van der Waals surface area contributed by atoms with Crippen LogP contribution in [0.3, 0.4) is 0 Å². The van der Waals surface area contributed by atoms with Crippen molar-refractivity contribution >= 4 is 17.5 Å². The quantitative estimate of drug-likeness (QED) is 0.923. The topological polar surface area (TPSA) is 49.8 Å². The Morgan fingerprint density at radius 2 is 2.16 bits per heavy atom. The van der Waals surface area contributed by atoms with Crippen molar-refractivity contribution in [3.8, 4) is 5.75 Å². The van der Waals surface area contributed by atoms with E-state index in [2.05, 4.69) is 0 Å². The summed E-state index contributed by atoms with van der Waals surface area (Å²) in [6, 6.07) is 5.28. The lowest BCUT2D eigenvalue weighted by molar-refractivity contribution is -0.158. The van der Waals surface area contributed by atoms with Gasteiger partial charge in [-0.25, -0.2) is 0 Å². The number of aliphatic hydroxyl groups is 1. The second-order valence-corrected chi connectivity index (χ2v) is 5.80. The van der Waals surface area contributed by atoms with E-state index in [-0.39, 0.29) is 5.91 Å². The smallest absolute Gasteiger partial charge is 0.263 e. The summed E-state index contributed by atoms with van der Waals surface area (Å²) in [6.07, 6.45) is -0.573. The fourth-order valence-corrected chi connectivity index (χ4v) is 2.40. The van der Waals surface area contributed by atoms with Crippen molar-refractivity contribution in [1.82, 2.24) is 4.90 Å². The molecule has 1 heterocycles. The maximum atomic E-state index is 12.1. The third kappa shape index (κ3) is 3.19. The maximum Gasteiger partial charge on any atom is 0.263 e. The first-order valence-corrected chi connectivity index (χ1v) is 6.60. The number of rotatable bonds is 3. The molecule has 0 bridgehead atoms. The van der Waals surface area contributed by atoms with Gasteiger partial charge in [0.1, 0.15) is 5.75 Å². The van der Waals surface area contributed by atoms with Crippen LogP contribution in [0.2, 0.25) is 5.02 Å². The number of likely N-dealkylation sites (tertiary alicyclic amines) is 1. The summed E-state index contributed by atoms with van der Waals surface area (Å²) in [7, 11) is 0. The lowest BCUT2D eigenvalue weighted by atomic mass is 9.96. The summed E-state index contributed by atoms with van der Waals surface area (Å²) in [6.45, 7) is 6.03. The van der Waals surface area contributed by atoms with Crippen molar-refractivity contribution in [2.45, 2.75) is 32.5 Å². The molecule has 1 aromatic carbocycles. The summed E-state index contributed by atoms with van der Waals surface area (Å²) >= 11 is 5.87. The first-order valence-electron chi connectivity index (χ1n) is 6.22. The van der Waals surface area contributed by atoms with Gasteiger partial charge in [0.2, 0.25) is 0 Å². The second kappa shape index (κ2) is 5.02. The highest BCUT2D eigenvalue weighted by Gasteiger charge is 2.41. The zero-order valence-corrected chi connectivity index (χ0v) is 12.1. The number of aryl methyl sites for hydroxylation is 1. The van der Waals surface area contributed by atoms with Crippen LogP contribution in [0.1, 0.15) is 19.4 Å². The van der Waals surface area contributed by atoms with Gasteiger partial charge in [-0.3, -0.25) is 4.79 Å². The number of hydrogen-bond donors (Lipinski definition) is 1. The minimum Gasteiger partial charge on any atom is -0.481 e. The predicted molar refractivity (Wildman–Crippen MR) is 73.5 cm³/mol. The molecule has 0 aliphatic carbocycles. The molecule has 0 saturated carbocycles. The van der Waals surface area contributed by atoms with Gasteiger partial charge in [-0.15, -0.1) is 0 Å². The first-order chi connectivity index (χ1) is 8.78. The number of hydrogen-bond acceptors (Lipinski definition) is 3. The Morgan fingerprint density at radius 3 is 2.68 bits per heavy atom. The van der Waals surface area contributed by atoms with Crippen molar-refractivity contribution in [2.24, 2.45) is 0 Å². The van der Waals surface area contributed by atoms with E-state index in [1.54, 1.807) is 36.9 Å². The highest BCUT2D eigenvalue weighted by Crippen LogP contribution is 2.25. The number of carbonyl (C=O) groups is 1. The highest BCUT2D eigenvalue weighted by atomic mass is 35.5. The number of β-amino-alcohol motifs (C(OH)–C–C–N with tert-alkyl or cyclic N) is 1. The van der Waals surface area contributed by atoms with Crippen molar-refractivity contribution < 1.29 is 14.6 Å². The largest absolute Gasteiger partial charge is 0.481 e. The van der Waals surface area contributed by atoms with Gasteiger partial charge in [-0.2, -0.15) is 0 Å². The van der Waals surface area contributed by atoms with Crippen LogP contribution in [-0.4, -0.2) is 40.7 Å². The molecule has 104 valence electrons. The van der Waals surface area contributed by atoms with Gasteiger partial charge in [0.15, 0.2) is 6.10 Å². The molecule has 2 rings (SSSR count). The standard InChI is InChI=1S/C14H18ClNO3/c1-9-6-11(15)4-5-12(9)19-10(2)13(17)16-7-14(3,18)8-16/h4-6,10,18H,7-8H2,1-3H3. The molecule has 0 spiro atoms. The number of ether oxygens (including phenoxy) is 1. The Morgan fingerprint density at radius 1 is 1.53 bits per heavy atom. The molecule has 1 atom stereocenters. The van der Waals surface area contributed by atoms with E-state index in [0.29, 0.717) is 23.9 Å². The fourth-order valence-electron chi connectivity index (χ4n) is 2.17. The number of amides is 1. The number of benzene rings is 1. The number of halogens is 1. The summed E-state index contributed by atoms with van der Waals surface area (Å²) in [5.41, 5.74) is 0.133. The van der Waals surface area contributed by atoms with Crippen LogP contribution in [-0.2, 0) is 4.79 Å². The zero-order valence-electron chi connectivity index (χ0n) is 11.3. The van der Waals surface area contributed by atoms with Gasteiger partial charge < -0.3 is 14.7 Å². The molecule has 0 aromatic heterocycles. The highest BCUT2D eigenvalue weighted by molar-refractivity contribution is 6.30. The molecule has 1 aliphatic rings. The number of nitrogens with zero attached hydrogens (tertiary/aromatic N) is 1. The molecule has 1 fully saturated rings. The van der Waals surface area contributed by atoms with E-state index in [1.807, 2.05) is 6.92 Å². The van der Waals surface area contributed by atoms with E-state index < -0.39 is 11.7 Å². The van der Waals surface area contributed by atoms with Crippen LogP contribution in [0, 0.1) is 6.92 Å². The second-order valence-electron chi connectivity index (χ2n) is 5.36. The van der Waals surface area contributed by atoms with Crippen molar-refractivity contribution in [3.63, 3.8) is 0 Å². The average molecular weight is 284 g/mol. The predicted octanol–water partition coefficient (Wildman–Crippen LogP) is 2.01. The molecule has 1 N–H and O–H groups in total. The lowest BCUT2D eigenvalue weighted by Gasteiger charge is -2.44. The molecule has 1 saturated heterocycles. The van der Waals surface area contributed by atoms with E-state index in [4.69, 9.17) is 16.3 Å². The van der Waals surface area contributed by atoms with Gasteiger partial charge in [-0.05, 0) is 44.5 Å².